The van der Waals surface area contributed by atoms with Crippen molar-refractivity contribution >= 4 is 0 Å². The molecule has 1 aromatic carbocycles. The van der Waals surface area contributed by atoms with E-state index in [-0.39, 0.29) is 29.4 Å². The van der Waals surface area contributed by atoms with Crippen molar-refractivity contribution in [1.29, 1.82) is 0 Å². The summed E-state index contributed by atoms with van der Waals surface area (Å²) < 4.78 is 78.5. The van der Waals surface area contributed by atoms with Crippen molar-refractivity contribution in [2.24, 2.45) is 23.2 Å². The average molecular weight is 634 g/mol. The third-order valence-corrected chi connectivity index (χ3v) is 11.3. The lowest BCUT2D eigenvalue weighted by molar-refractivity contribution is -0.284. The van der Waals surface area contributed by atoms with Gasteiger partial charge in [-0.15, -0.1) is 0 Å². The van der Waals surface area contributed by atoms with Crippen molar-refractivity contribution in [3.63, 3.8) is 0 Å². The maximum atomic E-state index is 15.9. The topological polar surface area (TPSA) is 43.7 Å². The summed E-state index contributed by atoms with van der Waals surface area (Å²) >= 11 is 0. The van der Waals surface area contributed by atoms with Crippen molar-refractivity contribution in [2.45, 2.75) is 140 Å². The highest BCUT2D eigenvalue weighted by Crippen LogP contribution is 2.63. The molecule has 2 fully saturated rings. The summed E-state index contributed by atoms with van der Waals surface area (Å²) in [5, 5.41) is 21.0. The number of aromatic hydroxyl groups is 1. The van der Waals surface area contributed by atoms with Crippen LogP contribution in [0.2, 0.25) is 0 Å². The second kappa shape index (κ2) is 15.0. The molecule has 3 aliphatic rings. The molecule has 3 aliphatic carbocycles. The minimum absolute atomic E-state index is 0.106. The van der Waals surface area contributed by atoms with Gasteiger partial charge in [-0.1, -0.05) is 57.9 Å². The molecule has 0 spiro atoms. The first-order chi connectivity index (χ1) is 20.7. The third kappa shape index (κ3) is 8.26. The number of hydrogen-bond acceptors (Lipinski definition) is 3. The summed E-state index contributed by atoms with van der Waals surface area (Å²) in [6.45, 7) is 4.04. The summed E-state index contributed by atoms with van der Waals surface area (Å²) in [5.74, 6) is -3.59. The molecule has 3 nitrogen and oxygen atoms in total. The van der Waals surface area contributed by atoms with Crippen LogP contribution in [0.4, 0.5) is 26.3 Å². The van der Waals surface area contributed by atoms with Crippen LogP contribution in [0.3, 0.4) is 0 Å². The standard InChI is InChI=1S/C35H53F6NO2/c1-33-23-29(36)32-27-15-14-26(43)22-25(27)21-24(31(32)28(33)16-17-30(33)44)13-9-5-8-12-20-42(2)19-11-7-4-3-6-10-18-34(37,38)35(39,40)41/h14-15,22,24,28-32,43-44H,3-13,16-21,23H2,1-2H3/t24-,28?,29+,30+,31?,32?,33?/m1/s1. The highest BCUT2D eigenvalue weighted by Gasteiger charge is 2.60. The van der Waals surface area contributed by atoms with E-state index in [1.54, 1.807) is 6.07 Å². The molecular weight excluding hydrogens is 580 g/mol. The van der Waals surface area contributed by atoms with Gasteiger partial charge in [-0.25, -0.2) is 4.39 Å². The molecule has 1 aromatic rings. The zero-order chi connectivity index (χ0) is 32.1. The van der Waals surface area contributed by atoms with Crippen molar-refractivity contribution in [3.05, 3.63) is 29.3 Å². The molecule has 2 saturated carbocycles. The molecule has 2 N–H and O–H groups in total. The van der Waals surface area contributed by atoms with Gasteiger partial charge in [-0.3, -0.25) is 0 Å². The van der Waals surface area contributed by atoms with E-state index in [9.17, 15) is 32.2 Å². The molecule has 252 valence electrons. The lowest BCUT2D eigenvalue weighted by atomic mass is 9.51. The molecule has 9 heteroatoms. The fourth-order valence-corrected chi connectivity index (χ4v) is 8.86. The molecule has 4 rings (SSSR count). The minimum atomic E-state index is -5.45. The number of aliphatic hydroxyl groups is 1. The number of unbranched alkanes of at least 4 members (excludes halogenated alkanes) is 8. The van der Waals surface area contributed by atoms with Gasteiger partial charge in [0.05, 0.1) is 6.10 Å². The Labute approximate surface area is 259 Å². The van der Waals surface area contributed by atoms with Crippen LogP contribution in [0.1, 0.15) is 120 Å². The molecular formula is C35H53F6NO2. The number of hydrogen-bond donors (Lipinski definition) is 2. The summed E-state index contributed by atoms with van der Waals surface area (Å²) in [5.41, 5.74) is 1.80. The van der Waals surface area contributed by atoms with Crippen LogP contribution in [0.15, 0.2) is 18.2 Å². The van der Waals surface area contributed by atoms with Gasteiger partial charge in [-0.2, -0.15) is 22.0 Å². The molecule has 7 atom stereocenters. The highest BCUT2D eigenvalue weighted by atomic mass is 19.4. The fraction of sp³-hybridized carbons (Fsp3) is 0.829. The van der Waals surface area contributed by atoms with E-state index in [1.165, 1.54) is 0 Å². The first-order valence-electron chi connectivity index (χ1n) is 17.0. The van der Waals surface area contributed by atoms with E-state index in [0.717, 1.165) is 94.8 Å². The SMILES string of the molecule is CN(CCCCCCCCC(F)(F)C(F)(F)F)CCCCCC[C@@H]1Cc2cc(O)ccc2C2C1C1CC[C@H](O)C1(C)C[C@@H]2F. The molecule has 44 heavy (non-hydrogen) atoms. The number of phenols is 1. The van der Waals surface area contributed by atoms with E-state index < -0.39 is 30.8 Å². The van der Waals surface area contributed by atoms with Gasteiger partial charge < -0.3 is 15.1 Å². The van der Waals surface area contributed by atoms with Crippen molar-refractivity contribution in [3.8, 4) is 5.75 Å². The van der Waals surface area contributed by atoms with Gasteiger partial charge in [0.1, 0.15) is 11.9 Å². The first-order valence-corrected chi connectivity index (χ1v) is 17.0. The Morgan fingerprint density at radius 3 is 2.16 bits per heavy atom. The van der Waals surface area contributed by atoms with E-state index in [1.807, 2.05) is 12.1 Å². The van der Waals surface area contributed by atoms with Crippen LogP contribution >= 0.6 is 0 Å². The van der Waals surface area contributed by atoms with Gasteiger partial charge >= 0.3 is 12.1 Å². The molecule has 0 aliphatic heterocycles. The molecule has 4 unspecified atom stereocenters. The number of aliphatic hydroxyl groups excluding tert-OH is 1. The Kier molecular flexibility index (Phi) is 12.0. The predicted octanol–water partition coefficient (Wildman–Crippen LogP) is 9.59. The zero-order valence-electron chi connectivity index (χ0n) is 26.5. The Morgan fingerprint density at radius 1 is 0.886 bits per heavy atom. The predicted molar refractivity (Wildman–Crippen MR) is 162 cm³/mol. The van der Waals surface area contributed by atoms with Crippen LogP contribution in [-0.4, -0.2) is 59.6 Å². The minimum Gasteiger partial charge on any atom is -0.508 e. The van der Waals surface area contributed by atoms with E-state index >= 15 is 4.39 Å². The van der Waals surface area contributed by atoms with E-state index in [4.69, 9.17) is 0 Å². The fourth-order valence-electron chi connectivity index (χ4n) is 8.86. The quantitative estimate of drug-likeness (QED) is 0.141. The number of fused-ring (bicyclic) bond motifs is 5. The van der Waals surface area contributed by atoms with Gasteiger partial charge in [0.15, 0.2) is 0 Å². The lowest BCUT2D eigenvalue weighted by Gasteiger charge is -2.54. The molecule has 0 amide bonds. The van der Waals surface area contributed by atoms with E-state index in [2.05, 4.69) is 18.9 Å². The second-order valence-electron chi connectivity index (χ2n) is 14.5. The molecule has 0 heterocycles. The number of alkyl halides is 6. The van der Waals surface area contributed by atoms with Crippen LogP contribution in [-0.2, 0) is 6.42 Å². The largest absolute Gasteiger partial charge is 0.508 e. The normalized spacial score (nSPS) is 30.3. The Balaban J connectivity index is 1.13. The van der Waals surface area contributed by atoms with Crippen molar-refractivity contribution in [2.75, 3.05) is 20.1 Å². The molecule has 0 radical (unpaired) electrons. The van der Waals surface area contributed by atoms with E-state index in [0.29, 0.717) is 31.1 Å². The summed E-state index contributed by atoms with van der Waals surface area (Å²) in [7, 11) is 2.09. The Hall–Kier alpha value is -1.48. The number of benzene rings is 1. The van der Waals surface area contributed by atoms with Crippen LogP contribution in [0, 0.1) is 23.2 Å². The van der Waals surface area contributed by atoms with Gasteiger partial charge in [0.2, 0.25) is 0 Å². The zero-order valence-corrected chi connectivity index (χ0v) is 26.5. The number of nitrogens with zero attached hydrogens (tertiary/aromatic N) is 1. The molecule has 0 bridgehead atoms. The first kappa shape index (κ1) is 35.4. The summed E-state index contributed by atoms with van der Waals surface area (Å²) in [4.78, 5) is 2.30. The number of halogens is 6. The van der Waals surface area contributed by atoms with Crippen LogP contribution in [0.25, 0.3) is 0 Å². The Morgan fingerprint density at radius 2 is 1.50 bits per heavy atom. The van der Waals surface area contributed by atoms with Crippen LogP contribution in [0.5, 0.6) is 5.75 Å². The maximum Gasteiger partial charge on any atom is 0.453 e. The summed E-state index contributed by atoms with van der Waals surface area (Å²) in [6.07, 6.45) is 4.21. The van der Waals surface area contributed by atoms with Gasteiger partial charge in [0, 0.05) is 12.3 Å². The van der Waals surface area contributed by atoms with Crippen molar-refractivity contribution in [1.82, 2.24) is 4.90 Å². The third-order valence-electron chi connectivity index (χ3n) is 11.3. The van der Waals surface area contributed by atoms with Gasteiger partial charge in [0.25, 0.3) is 0 Å². The monoisotopic (exact) mass is 633 g/mol. The highest BCUT2D eigenvalue weighted by molar-refractivity contribution is 5.41. The Bertz CT molecular complexity index is 1050. The summed E-state index contributed by atoms with van der Waals surface area (Å²) in [6, 6.07) is 5.45. The smallest absolute Gasteiger partial charge is 0.453 e. The lowest BCUT2D eigenvalue weighted by Crippen LogP contribution is -2.51. The molecule has 0 aromatic heterocycles. The molecule has 0 saturated heterocycles. The number of phenolic OH excluding ortho intramolecular Hbond substituents is 1. The average Bonchev–Trinajstić information content (AvgIpc) is 3.24. The maximum absolute atomic E-state index is 15.9. The van der Waals surface area contributed by atoms with Gasteiger partial charge in [-0.05, 0) is 118 Å². The van der Waals surface area contributed by atoms with Crippen LogP contribution < -0.4 is 0 Å². The van der Waals surface area contributed by atoms with Crippen molar-refractivity contribution < 1.29 is 36.6 Å². The second-order valence-corrected chi connectivity index (χ2v) is 14.5. The number of rotatable bonds is 16.